The normalized spacial score (nSPS) is 11.4. The van der Waals surface area contributed by atoms with Crippen LogP contribution in [0.15, 0.2) is 108 Å². The molecule has 4 aromatic rings. The van der Waals surface area contributed by atoms with E-state index in [0.29, 0.717) is 27.5 Å². The number of hydrogen-bond donors (Lipinski definition) is 1. The summed E-state index contributed by atoms with van der Waals surface area (Å²) in [7, 11) is 0. The highest BCUT2D eigenvalue weighted by Gasteiger charge is 2.16. The molecule has 0 bridgehead atoms. The Kier molecular flexibility index (Phi) is 9.05. The summed E-state index contributed by atoms with van der Waals surface area (Å²) in [6.07, 6.45) is 0.460. The molecule has 1 N–H and O–H groups in total. The number of hydrogen-bond acceptors (Lipinski definition) is 7. The number of benzene rings is 4. The van der Waals surface area contributed by atoms with Crippen molar-refractivity contribution in [2.75, 3.05) is 0 Å². The van der Waals surface area contributed by atoms with Crippen molar-refractivity contribution < 1.29 is 28.6 Å². The van der Waals surface area contributed by atoms with Gasteiger partial charge in [-0.1, -0.05) is 48.0 Å². The lowest BCUT2D eigenvalue weighted by molar-refractivity contribution is -0.127. The summed E-state index contributed by atoms with van der Waals surface area (Å²) < 4.78 is 16.6. The van der Waals surface area contributed by atoms with E-state index < -0.39 is 23.9 Å². The van der Waals surface area contributed by atoms with E-state index in [1.807, 2.05) is 0 Å². The van der Waals surface area contributed by atoms with Crippen LogP contribution in [0.4, 0.5) is 0 Å². The van der Waals surface area contributed by atoms with Crippen LogP contribution in [0.25, 0.3) is 0 Å². The SMILES string of the molecule is CC(Oc1ccc(Cl)cc1)C(=O)NN=Cc1ccc(OC(=O)c2ccccc2)cc1OC(=O)c1ccccc1. The van der Waals surface area contributed by atoms with Crippen molar-refractivity contribution in [2.45, 2.75) is 13.0 Å². The van der Waals surface area contributed by atoms with Gasteiger partial charge in [-0.25, -0.2) is 15.0 Å². The zero-order chi connectivity index (χ0) is 27.6. The lowest BCUT2D eigenvalue weighted by Gasteiger charge is -2.13. The molecule has 0 aliphatic carbocycles. The van der Waals surface area contributed by atoms with E-state index in [0.717, 1.165) is 0 Å². The second-order valence-electron chi connectivity index (χ2n) is 8.16. The van der Waals surface area contributed by atoms with Gasteiger partial charge >= 0.3 is 11.9 Å². The summed E-state index contributed by atoms with van der Waals surface area (Å²) in [4.78, 5) is 37.7. The van der Waals surface area contributed by atoms with Crippen molar-refractivity contribution in [3.63, 3.8) is 0 Å². The molecule has 0 radical (unpaired) electrons. The molecular formula is C30H23ClN2O6. The number of carbonyl (C=O) groups is 3. The van der Waals surface area contributed by atoms with Crippen molar-refractivity contribution in [3.05, 3.63) is 125 Å². The number of nitrogens with zero attached hydrogens (tertiary/aromatic N) is 1. The number of esters is 2. The molecule has 1 atom stereocenters. The van der Waals surface area contributed by atoms with Crippen LogP contribution in [0.2, 0.25) is 5.02 Å². The third-order valence-corrected chi connectivity index (χ3v) is 5.54. The van der Waals surface area contributed by atoms with Gasteiger partial charge in [-0.15, -0.1) is 0 Å². The zero-order valence-electron chi connectivity index (χ0n) is 20.7. The Bertz CT molecular complexity index is 1470. The first-order chi connectivity index (χ1) is 18.9. The Balaban J connectivity index is 1.49. The van der Waals surface area contributed by atoms with E-state index in [-0.39, 0.29) is 11.5 Å². The predicted molar refractivity (Wildman–Crippen MR) is 147 cm³/mol. The van der Waals surface area contributed by atoms with E-state index >= 15 is 0 Å². The van der Waals surface area contributed by atoms with Gasteiger partial charge in [0.25, 0.3) is 5.91 Å². The van der Waals surface area contributed by atoms with Gasteiger partial charge in [0.1, 0.15) is 17.2 Å². The van der Waals surface area contributed by atoms with Crippen molar-refractivity contribution >= 4 is 35.7 Å². The standard InChI is InChI=1S/C30H23ClN2O6/c1-20(37-25-16-13-24(31)14-17-25)28(34)33-32-19-23-12-15-26(38-29(35)21-8-4-2-5-9-21)18-27(23)39-30(36)22-10-6-3-7-11-22/h2-20H,1H3,(H,33,34). The lowest BCUT2D eigenvalue weighted by atomic mass is 10.2. The number of hydrazone groups is 1. The second kappa shape index (κ2) is 13.0. The maximum atomic E-state index is 12.7. The minimum Gasteiger partial charge on any atom is -0.481 e. The zero-order valence-corrected chi connectivity index (χ0v) is 21.5. The fourth-order valence-electron chi connectivity index (χ4n) is 3.27. The van der Waals surface area contributed by atoms with Gasteiger partial charge in [-0.05, 0) is 67.6 Å². The minimum absolute atomic E-state index is 0.0747. The molecule has 4 aromatic carbocycles. The Morgan fingerprint density at radius 3 is 1.95 bits per heavy atom. The average molecular weight is 543 g/mol. The van der Waals surface area contributed by atoms with Crippen LogP contribution >= 0.6 is 11.6 Å². The third-order valence-electron chi connectivity index (χ3n) is 5.29. The molecular weight excluding hydrogens is 520 g/mol. The van der Waals surface area contributed by atoms with Crippen molar-refractivity contribution in [1.29, 1.82) is 0 Å². The molecule has 9 heteroatoms. The first-order valence-corrected chi connectivity index (χ1v) is 12.2. The molecule has 0 spiro atoms. The Hall–Kier alpha value is -4.95. The molecule has 8 nitrogen and oxygen atoms in total. The topological polar surface area (TPSA) is 103 Å². The van der Waals surface area contributed by atoms with E-state index in [1.54, 1.807) is 97.9 Å². The van der Waals surface area contributed by atoms with Crippen molar-refractivity contribution in [2.24, 2.45) is 5.10 Å². The smallest absolute Gasteiger partial charge is 0.343 e. The number of rotatable bonds is 9. The summed E-state index contributed by atoms with van der Waals surface area (Å²) in [5.41, 5.74) is 3.44. The van der Waals surface area contributed by atoms with Crippen LogP contribution in [0.3, 0.4) is 0 Å². The summed E-state index contributed by atoms with van der Waals surface area (Å²) in [5, 5.41) is 4.52. The molecule has 4 rings (SSSR count). The summed E-state index contributed by atoms with van der Waals surface area (Å²) >= 11 is 5.87. The third kappa shape index (κ3) is 7.77. The highest BCUT2D eigenvalue weighted by Crippen LogP contribution is 2.26. The van der Waals surface area contributed by atoms with Gasteiger partial charge in [0, 0.05) is 16.7 Å². The number of halogens is 1. The highest BCUT2D eigenvalue weighted by atomic mass is 35.5. The van der Waals surface area contributed by atoms with E-state index in [2.05, 4.69) is 10.5 Å². The Morgan fingerprint density at radius 2 is 1.33 bits per heavy atom. The van der Waals surface area contributed by atoms with E-state index in [1.165, 1.54) is 18.3 Å². The maximum Gasteiger partial charge on any atom is 0.343 e. The molecule has 196 valence electrons. The van der Waals surface area contributed by atoms with Crippen LogP contribution in [0, 0.1) is 0 Å². The number of ether oxygens (including phenoxy) is 3. The van der Waals surface area contributed by atoms with Gasteiger partial charge in [0.15, 0.2) is 6.10 Å². The predicted octanol–water partition coefficient (Wildman–Crippen LogP) is 5.70. The summed E-state index contributed by atoms with van der Waals surface area (Å²) in [5.74, 6) is -0.985. The van der Waals surface area contributed by atoms with E-state index in [4.69, 9.17) is 25.8 Å². The fourth-order valence-corrected chi connectivity index (χ4v) is 3.40. The maximum absolute atomic E-state index is 12.7. The van der Waals surface area contributed by atoms with Crippen molar-refractivity contribution in [1.82, 2.24) is 5.43 Å². The Labute approximate surface area is 229 Å². The largest absolute Gasteiger partial charge is 0.481 e. The van der Waals surface area contributed by atoms with Gasteiger partial charge in [0.05, 0.1) is 17.3 Å². The van der Waals surface area contributed by atoms with Crippen LogP contribution in [0.1, 0.15) is 33.2 Å². The molecule has 0 aliphatic heterocycles. The lowest BCUT2D eigenvalue weighted by Crippen LogP contribution is -2.33. The molecule has 1 unspecified atom stereocenters. The van der Waals surface area contributed by atoms with Crippen molar-refractivity contribution in [3.8, 4) is 17.2 Å². The van der Waals surface area contributed by atoms with Gasteiger partial charge < -0.3 is 14.2 Å². The van der Waals surface area contributed by atoms with E-state index in [9.17, 15) is 14.4 Å². The first kappa shape index (κ1) is 27.1. The average Bonchev–Trinajstić information content (AvgIpc) is 2.96. The molecule has 0 saturated carbocycles. The minimum atomic E-state index is -0.849. The van der Waals surface area contributed by atoms with Crippen LogP contribution < -0.4 is 19.6 Å². The number of carbonyl (C=O) groups excluding carboxylic acids is 3. The van der Waals surface area contributed by atoms with Gasteiger partial charge in [0.2, 0.25) is 0 Å². The summed E-state index contributed by atoms with van der Waals surface area (Å²) in [6, 6.07) is 28.0. The second-order valence-corrected chi connectivity index (χ2v) is 8.60. The molecule has 0 fully saturated rings. The van der Waals surface area contributed by atoms with Gasteiger partial charge in [-0.3, -0.25) is 4.79 Å². The molecule has 1 amide bonds. The van der Waals surface area contributed by atoms with Crippen LogP contribution in [-0.4, -0.2) is 30.2 Å². The quantitative estimate of drug-likeness (QED) is 0.126. The molecule has 0 aliphatic rings. The summed E-state index contributed by atoms with van der Waals surface area (Å²) in [6.45, 7) is 1.57. The van der Waals surface area contributed by atoms with Crippen LogP contribution in [0.5, 0.6) is 17.2 Å². The molecule has 39 heavy (non-hydrogen) atoms. The first-order valence-electron chi connectivity index (χ1n) is 11.8. The number of nitrogens with one attached hydrogen (secondary N) is 1. The monoisotopic (exact) mass is 542 g/mol. The Morgan fingerprint density at radius 1 is 0.769 bits per heavy atom. The molecule has 0 heterocycles. The van der Waals surface area contributed by atoms with Crippen LogP contribution in [-0.2, 0) is 4.79 Å². The van der Waals surface area contributed by atoms with Gasteiger partial charge in [-0.2, -0.15) is 5.10 Å². The number of amides is 1. The highest BCUT2D eigenvalue weighted by molar-refractivity contribution is 6.30. The molecule has 0 aromatic heterocycles. The molecule has 0 saturated heterocycles. The fraction of sp³-hybridized carbons (Fsp3) is 0.0667.